The fourth-order valence-corrected chi connectivity index (χ4v) is 1.85. The van der Waals surface area contributed by atoms with Crippen LogP contribution in [0.4, 0.5) is 5.69 Å². The molecule has 0 atom stereocenters. The van der Waals surface area contributed by atoms with Crippen LogP contribution in [-0.4, -0.2) is 17.1 Å². The van der Waals surface area contributed by atoms with Crippen LogP contribution in [0, 0.1) is 17.2 Å². The van der Waals surface area contributed by atoms with E-state index < -0.39 is 5.97 Å². The first-order valence-corrected chi connectivity index (χ1v) is 5.18. The van der Waals surface area contributed by atoms with Crippen molar-refractivity contribution >= 4 is 11.7 Å². The van der Waals surface area contributed by atoms with Crippen LogP contribution < -0.4 is 5.32 Å². The topological polar surface area (TPSA) is 73.1 Å². The maximum Gasteiger partial charge on any atom is 0.306 e. The number of benzene rings is 1. The van der Waals surface area contributed by atoms with Crippen LogP contribution in [0.25, 0.3) is 0 Å². The van der Waals surface area contributed by atoms with Gasteiger partial charge in [0, 0.05) is 11.7 Å². The number of hydrogen-bond acceptors (Lipinski definition) is 3. The standard InChI is InChI=1S/C12H12N2O2/c13-7-8-2-1-3-10(4-8)14-11-5-9(6-11)12(15)16/h1-4,9,11,14H,5-6H2,(H,15,16). The number of hydrogen-bond donors (Lipinski definition) is 2. The van der Waals surface area contributed by atoms with E-state index in [0.29, 0.717) is 18.4 Å². The summed E-state index contributed by atoms with van der Waals surface area (Å²) in [6.45, 7) is 0. The van der Waals surface area contributed by atoms with E-state index in [0.717, 1.165) is 5.69 Å². The van der Waals surface area contributed by atoms with Crippen molar-refractivity contribution < 1.29 is 9.90 Å². The highest BCUT2D eigenvalue weighted by Gasteiger charge is 2.34. The van der Waals surface area contributed by atoms with Crippen molar-refractivity contribution in [2.24, 2.45) is 5.92 Å². The molecule has 0 unspecified atom stereocenters. The van der Waals surface area contributed by atoms with Gasteiger partial charge < -0.3 is 10.4 Å². The molecule has 2 rings (SSSR count). The molecule has 1 saturated carbocycles. The molecule has 0 aliphatic heterocycles. The van der Waals surface area contributed by atoms with E-state index in [1.165, 1.54) is 0 Å². The summed E-state index contributed by atoms with van der Waals surface area (Å²) < 4.78 is 0. The molecule has 0 bridgehead atoms. The molecule has 4 nitrogen and oxygen atoms in total. The first kappa shape index (κ1) is 10.5. The minimum Gasteiger partial charge on any atom is -0.481 e. The molecule has 82 valence electrons. The molecule has 0 aromatic heterocycles. The number of nitrogens with one attached hydrogen (secondary N) is 1. The van der Waals surface area contributed by atoms with Gasteiger partial charge in [-0.2, -0.15) is 5.26 Å². The number of aliphatic carboxylic acids is 1. The molecular weight excluding hydrogens is 204 g/mol. The zero-order valence-electron chi connectivity index (χ0n) is 8.68. The molecule has 16 heavy (non-hydrogen) atoms. The van der Waals surface area contributed by atoms with Gasteiger partial charge in [-0.05, 0) is 31.0 Å². The van der Waals surface area contributed by atoms with Gasteiger partial charge >= 0.3 is 5.97 Å². The molecule has 0 amide bonds. The van der Waals surface area contributed by atoms with Crippen molar-refractivity contribution in [2.45, 2.75) is 18.9 Å². The second-order valence-corrected chi connectivity index (χ2v) is 4.04. The maximum atomic E-state index is 10.6. The quantitative estimate of drug-likeness (QED) is 0.808. The number of carboxylic acids is 1. The Kier molecular flexibility index (Phi) is 2.78. The molecule has 2 N–H and O–H groups in total. The molecule has 1 aromatic rings. The third-order valence-corrected chi connectivity index (χ3v) is 2.85. The minimum absolute atomic E-state index is 0.211. The highest BCUT2D eigenvalue weighted by molar-refractivity contribution is 5.71. The average Bonchev–Trinajstić information content (AvgIpc) is 2.22. The monoisotopic (exact) mass is 216 g/mol. The molecule has 0 spiro atoms. The summed E-state index contributed by atoms with van der Waals surface area (Å²) >= 11 is 0. The van der Waals surface area contributed by atoms with Crippen molar-refractivity contribution in [1.29, 1.82) is 5.26 Å². The first-order valence-electron chi connectivity index (χ1n) is 5.18. The third-order valence-electron chi connectivity index (χ3n) is 2.85. The average molecular weight is 216 g/mol. The molecule has 0 heterocycles. The molecule has 4 heteroatoms. The Morgan fingerprint density at radius 1 is 1.50 bits per heavy atom. The van der Waals surface area contributed by atoms with Crippen molar-refractivity contribution in [3.63, 3.8) is 0 Å². The summed E-state index contributed by atoms with van der Waals surface area (Å²) in [6, 6.07) is 9.50. The van der Waals surface area contributed by atoms with Gasteiger partial charge in [0.2, 0.25) is 0 Å². The Balaban J connectivity index is 1.92. The molecule has 1 aromatic carbocycles. The predicted octanol–water partition coefficient (Wildman–Crippen LogP) is 1.83. The lowest BCUT2D eigenvalue weighted by molar-refractivity contribution is -0.144. The van der Waals surface area contributed by atoms with E-state index in [-0.39, 0.29) is 12.0 Å². The van der Waals surface area contributed by atoms with Gasteiger partial charge in [-0.25, -0.2) is 0 Å². The van der Waals surface area contributed by atoms with E-state index in [2.05, 4.69) is 11.4 Å². The zero-order chi connectivity index (χ0) is 11.5. The summed E-state index contributed by atoms with van der Waals surface area (Å²) in [5.41, 5.74) is 1.49. The fraction of sp³-hybridized carbons (Fsp3) is 0.333. The molecule has 1 aliphatic carbocycles. The largest absolute Gasteiger partial charge is 0.481 e. The lowest BCUT2D eigenvalue weighted by atomic mass is 9.80. The van der Waals surface area contributed by atoms with Gasteiger partial charge in [0.15, 0.2) is 0 Å². The number of carbonyl (C=O) groups is 1. The van der Waals surface area contributed by atoms with Crippen molar-refractivity contribution in [3.05, 3.63) is 29.8 Å². The first-order chi connectivity index (χ1) is 7.69. The summed E-state index contributed by atoms with van der Waals surface area (Å²) in [7, 11) is 0. The molecule has 0 radical (unpaired) electrons. The van der Waals surface area contributed by atoms with Gasteiger partial charge in [0.1, 0.15) is 0 Å². The number of nitrogens with zero attached hydrogens (tertiary/aromatic N) is 1. The van der Waals surface area contributed by atoms with Crippen LogP contribution in [0.15, 0.2) is 24.3 Å². The SMILES string of the molecule is N#Cc1cccc(NC2CC(C(=O)O)C2)c1. The van der Waals surface area contributed by atoms with Gasteiger partial charge in [0.05, 0.1) is 17.6 Å². The van der Waals surface area contributed by atoms with E-state index in [4.69, 9.17) is 10.4 Å². The van der Waals surface area contributed by atoms with Crippen molar-refractivity contribution in [2.75, 3.05) is 5.32 Å². The highest BCUT2D eigenvalue weighted by Crippen LogP contribution is 2.30. The van der Waals surface area contributed by atoms with Crippen LogP contribution in [-0.2, 0) is 4.79 Å². The van der Waals surface area contributed by atoms with Gasteiger partial charge in [-0.1, -0.05) is 6.07 Å². The lowest BCUT2D eigenvalue weighted by Crippen LogP contribution is -2.39. The Morgan fingerprint density at radius 3 is 2.88 bits per heavy atom. The van der Waals surface area contributed by atoms with Crippen LogP contribution in [0.5, 0.6) is 0 Å². The van der Waals surface area contributed by atoms with Crippen LogP contribution in [0.1, 0.15) is 18.4 Å². The normalized spacial score (nSPS) is 22.9. The van der Waals surface area contributed by atoms with Crippen molar-refractivity contribution in [1.82, 2.24) is 0 Å². The van der Waals surface area contributed by atoms with Crippen LogP contribution in [0.3, 0.4) is 0 Å². The van der Waals surface area contributed by atoms with E-state index in [9.17, 15) is 4.79 Å². The van der Waals surface area contributed by atoms with Gasteiger partial charge in [-0.3, -0.25) is 4.79 Å². The molecule has 1 aliphatic rings. The number of carboxylic acid groups (broad SMARTS) is 1. The van der Waals surface area contributed by atoms with E-state index >= 15 is 0 Å². The minimum atomic E-state index is -0.719. The Bertz CT molecular complexity index is 445. The van der Waals surface area contributed by atoms with Gasteiger partial charge in [0.25, 0.3) is 0 Å². The van der Waals surface area contributed by atoms with E-state index in [1.54, 1.807) is 12.1 Å². The Morgan fingerprint density at radius 2 is 2.25 bits per heavy atom. The van der Waals surface area contributed by atoms with E-state index in [1.807, 2.05) is 12.1 Å². The molecule has 0 saturated heterocycles. The highest BCUT2D eigenvalue weighted by atomic mass is 16.4. The maximum absolute atomic E-state index is 10.6. The Hall–Kier alpha value is -2.02. The summed E-state index contributed by atoms with van der Waals surface area (Å²) in [5, 5.41) is 20.7. The molecule has 1 fully saturated rings. The number of anilines is 1. The summed E-state index contributed by atoms with van der Waals surface area (Å²) in [4.78, 5) is 10.6. The summed E-state index contributed by atoms with van der Waals surface area (Å²) in [6.07, 6.45) is 1.32. The predicted molar refractivity (Wildman–Crippen MR) is 58.9 cm³/mol. The second-order valence-electron chi connectivity index (χ2n) is 4.04. The number of rotatable bonds is 3. The Labute approximate surface area is 93.5 Å². The molecular formula is C12H12N2O2. The van der Waals surface area contributed by atoms with Crippen molar-refractivity contribution in [3.8, 4) is 6.07 Å². The van der Waals surface area contributed by atoms with Gasteiger partial charge in [-0.15, -0.1) is 0 Å². The lowest BCUT2D eigenvalue weighted by Gasteiger charge is -2.33. The fourth-order valence-electron chi connectivity index (χ4n) is 1.85. The summed E-state index contributed by atoms with van der Waals surface area (Å²) in [5.74, 6) is -0.930. The third kappa shape index (κ3) is 2.14. The second kappa shape index (κ2) is 4.23. The number of nitriles is 1. The zero-order valence-corrected chi connectivity index (χ0v) is 8.68. The smallest absolute Gasteiger partial charge is 0.306 e. The van der Waals surface area contributed by atoms with Crippen LogP contribution in [0.2, 0.25) is 0 Å². The van der Waals surface area contributed by atoms with Crippen LogP contribution >= 0.6 is 0 Å².